The normalized spacial score (nSPS) is 15.3. The number of carbonyl (C=O) groups excluding carboxylic acids is 2. The Bertz CT molecular complexity index is 628. The van der Waals surface area contributed by atoms with Crippen LogP contribution in [0, 0.1) is 17.6 Å². The van der Waals surface area contributed by atoms with Crippen molar-refractivity contribution in [3.63, 3.8) is 0 Å². The van der Waals surface area contributed by atoms with E-state index in [9.17, 15) is 23.2 Å². The molecule has 1 aromatic carbocycles. The van der Waals surface area contributed by atoms with Gasteiger partial charge in [0, 0.05) is 25.1 Å². The Labute approximate surface area is 131 Å². The van der Waals surface area contributed by atoms with Gasteiger partial charge in [-0.2, -0.15) is 0 Å². The van der Waals surface area contributed by atoms with E-state index < -0.39 is 30.1 Å². The molecule has 0 aliphatic carbocycles. The summed E-state index contributed by atoms with van der Waals surface area (Å²) in [6.07, 6.45) is 0.722. The molecule has 0 aromatic heterocycles. The highest BCUT2D eigenvalue weighted by Crippen LogP contribution is 2.20. The van der Waals surface area contributed by atoms with Crippen molar-refractivity contribution >= 4 is 17.8 Å². The number of carboxylic acids is 1. The third kappa shape index (κ3) is 4.24. The van der Waals surface area contributed by atoms with Gasteiger partial charge in [-0.1, -0.05) is 0 Å². The molecule has 1 heterocycles. The topological polar surface area (TPSA) is 86.7 Å². The second-order valence-electron chi connectivity index (χ2n) is 5.30. The summed E-state index contributed by atoms with van der Waals surface area (Å²) in [5.41, 5.74) is -0.208. The molecule has 0 spiro atoms. The number of amides is 2. The number of halogens is 2. The van der Waals surface area contributed by atoms with Gasteiger partial charge in [-0.15, -0.1) is 0 Å². The van der Waals surface area contributed by atoms with Crippen LogP contribution in [0.1, 0.15) is 23.2 Å². The smallest absolute Gasteiger partial charge is 0.322 e. The molecular weight excluding hydrogens is 310 g/mol. The van der Waals surface area contributed by atoms with Crippen LogP contribution in [0.25, 0.3) is 0 Å². The molecule has 124 valence electrons. The van der Waals surface area contributed by atoms with Crippen molar-refractivity contribution < 1.29 is 28.3 Å². The SMILES string of the molecule is O=C(O)CNC(=O)C1CCN(C(=O)c2ccc(F)cc2F)CC1. The molecule has 0 saturated carbocycles. The Morgan fingerprint density at radius 2 is 1.87 bits per heavy atom. The van der Waals surface area contributed by atoms with E-state index in [4.69, 9.17) is 5.11 Å². The molecule has 0 bridgehead atoms. The third-order valence-electron chi connectivity index (χ3n) is 3.73. The molecule has 2 amide bonds. The van der Waals surface area contributed by atoms with Crippen LogP contribution in [0.5, 0.6) is 0 Å². The number of piperidine rings is 1. The number of nitrogens with zero attached hydrogens (tertiary/aromatic N) is 1. The van der Waals surface area contributed by atoms with Gasteiger partial charge in [-0.3, -0.25) is 14.4 Å². The van der Waals surface area contributed by atoms with Crippen molar-refractivity contribution in [1.29, 1.82) is 0 Å². The van der Waals surface area contributed by atoms with Crippen molar-refractivity contribution in [2.24, 2.45) is 5.92 Å². The zero-order valence-electron chi connectivity index (χ0n) is 12.2. The fraction of sp³-hybridized carbons (Fsp3) is 0.400. The summed E-state index contributed by atoms with van der Waals surface area (Å²) in [5.74, 6) is -4.10. The van der Waals surface area contributed by atoms with Crippen LogP contribution in [-0.2, 0) is 9.59 Å². The van der Waals surface area contributed by atoms with Gasteiger partial charge in [0.15, 0.2) is 0 Å². The van der Waals surface area contributed by atoms with Crippen molar-refractivity contribution in [1.82, 2.24) is 10.2 Å². The summed E-state index contributed by atoms with van der Waals surface area (Å²) in [6, 6.07) is 2.76. The Morgan fingerprint density at radius 3 is 2.43 bits per heavy atom. The maximum absolute atomic E-state index is 13.6. The highest BCUT2D eigenvalue weighted by atomic mass is 19.1. The Morgan fingerprint density at radius 1 is 1.22 bits per heavy atom. The van der Waals surface area contributed by atoms with Crippen LogP contribution in [0.4, 0.5) is 8.78 Å². The third-order valence-corrected chi connectivity index (χ3v) is 3.73. The Balaban J connectivity index is 1.92. The molecule has 23 heavy (non-hydrogen) atoms. The highest BCUT2D eigenvalue weighted by Gasteiger charge is 2.29. The molecule has 6 nitrogen and oxygen atoms in total. The van der Waals surface area contributed by atoms with Gasteiger partial charge in [0.25, 0.3) is 5.91 Å². The first-order valence-corrected chi connectivity index (χ1v) is 7.12. The van der Waals surface area contributed by atoms with Gasteiger partial charge >= 0.3 is 5.97 Å². The molecule has 0 radical (unpaired) electrons. The summed E-state index contributed by atoms with van der Waals surface area (Å²) in [5, 5.41) is 10.8. The first-order valence-electron chi connectivity index (χ1n) is 7.12. The van der Waals surface area contributed by atoms with Crippen molar-refractivity contribution in [3.8, 4) is 0 Å². The standard InChI is InChI=1S/C15H16F2N2O4/c16-10-1-2-11(12(17)7-10)15(23)19-5-3-9(4-6-19)14(22)18-8-13(20)21/h1-2,7,9H,3-6,8H2,(H,18,22)(H,20,21). The van der Waals surface area contributed by atoms with Crippen LogP contribution >= 0.6 is 0 Å². The number of likely N-dealkylation sites (tertiary alicyclic amines) is 1. The van der Waals surface area contributed by atoms with Crippen LogP contribution in [0.3, 0.4) is 0 Å². The lowest BCUT2D eigenvalue weighted by Gasteiger charge is -2.31. The number of hydrogen-bond acceptors (Lipinski definition) is 3. The minimum atomic E-state index is -1.13. The van der Waals surface area contributed by atoms with E-state index in [1.54, 1.807) is 0 Å². The van der Waals surface area contributed by atoms with Crippen LogP contribution in [0.15, 0.2) is 18.2 Å². The van der Waals surface area contributed by atoms with Gasteiger partial charge in [0.2, 0.25) is 5.91 Å². The van der Waals surface area contributed by atoms with Gasteiger partial charge in [-0.25, -0.2) is 8.78 Å². The average molecular weight is 326 g/mol. The van der Waals surface area contributed by atoms with Gasteiger partial charge in [0.1, 0.15) is 18.2 Å². The van der Waals surface area contributed by atoms with E-state index in [2.05, 4.69) is 5.32 Å². The predicted octanol–water partition coefficient (Wildman–Crippen LogP) is 1.02. The first kappa shape index (κ1) is 16.9. The predicted molar refractivity (Wildman–Crippen MR) is 75.6 cm³/mol. The molecule has 2 N–H and O–H groups in total. The second kappa shape index (κ2) is 7.17. The lowest BCUT2D eigenvalue weighted by Crippen LogP contribution is -2.44. The van der Waals surface area contributed by atoms with Gasteiger partial charge < -0.3 is 15.3 Å². The maximum atomic E-state index is 13.6. The zero-order valence-corrected chi connectivity index (χ0v) is 12.2. The van der Waals surface area contributed by atoms with E-state index in [1.807, 2.05) is 0 Å². The van der Waals surface area contributed by atoms with Gasteiger partial charge in [-0.05, 0) is 25.0 Å². The van der Waals surface area contributed by atoms with Crippen molar-refractivity contribution in [2.75, 3.05) is 19.6 Å². The quantitative estimate of drug-likeness (QED) is 0.865. The second-order valence-corrected chi connectivity index (χ2v) is 5.30. The number of benzene rings is 1. The minimum Gasteiger partial charge on any atom is -0.480 e. The Hall–Kier alpha value is -2.51. The lowest BCUT2D eigenvalue weighted by atomic mass is 9.95. The van der Waals surface area contributed by atoms with E-state index in [1.165, 1.54) is 4.90 Å². The van der Waals surface area contributed by atoms with Crippen molar-refractivity contribution in [2.45, 2.75) is 12.8 Å². The molecule has 1 aromatic rings. The molecular formula is C15H16F2N2O4. The minimum absolute atomic E-state index is 0.208. The van der Waals surface area contributed by atoms with Crippen LogP contribution in [-0.4, -0.2) is 47.4 Å². The average Bonchev–Trinajstić information content (AvgIpc) is 2.52. The summed E-state index contributed by atoms with van der Waals surface area (Å²) in [7, 11) is 0. The number of rotatable bonds is 4. The van der Waals surface area contributed by atoms with E-state index in [0.717, 1.165) is 12.1 Å². The molecule has 1 aliphatic heterocycles. The number of carbonyl (C=O) groups is 3. The molecule has 0 unspecified atom stereocenters. The van der Waals surface area contributed by atoms with Crippen molar-refractivity contribution in [3.05, 3.63) is 35.4 Å². The molecule has 1 aliphatic rings. The van der Waals surface area contributed by atoms with Crippen LogP contribution in [0.2, 0.25) is 0 Å². The monoisotopic (exact) mass is 326 g/mol. The highest BCUT2D eigenvalue weighted by molar-refractivity contribution is 5.94. The maximum Gasteiger partial charge on any atom is 0.322 e. The number of nitrogens with one attached hydrogen (secondary N) is 1. The van der Waals surface area contributed by atoms with E-state index in [0.29, 0.717) is 18.9 Å². The lowest BCUT2D eigenvalue weighted by molar-refractivity contribution is -0.138. The summed E-state index contributed by atoms with van der Waals surface area (Å²) >= 11 is 0. The largest absolute Gasteiger partial charge is 0.480 e. The zero-order chi connectivity index (χ0) is 17.0. The summed E-state index contributed by atoms with van der Waals surface area (Å²) < 4.78 is 26.5. The summed E-state index contributed by atoms with van der Waals surface area (Å²) in [6.45, 7) is 0.0559. The molecule has 2 rings (SSSR count). The van der Waals surface area contributed by atoms with Gasteiger partial charge in [0.05, 0.1) is 5.56 Å². The first-order chi connectivity index (χ1) is 10.9. The number of carboxylic acid groups (broad SMARTS) is 1. The molecule has 1 saturated heterocycles. The fourth-order valence-electron chi connectivity index (χ4n) is 2.49. The molecule has 0 atom stereocenters. The molecule has 8 heteroatoms. The summed E-state index contributed by atoms with van der Waals surface area (Å²) in [4.78, 5) is 35.8. The van der Waals surface area contributed by atoms with E-state index in [-0.39, 0.29) is 30.5 Å². The number of hydrogen-bond donors (Lipinski definition) is 2. The van der Waals surface area contributed by atoms with Crippen LogP contribution < -0.4 is 5.32 Å². The molecule has 1 fully saturated rings. The van der Waals surface area contributed by atoms with E-state index >= 15 is 0 Å². The number of aliphatic carboxylic acids is 1. The Kier molecular flexibility index (Phi) is 5.25. The fourth-order valence-corrected chi connectivity index (χ4v) is 2.49.